The standard InChI is InChI=1S/C8H17NO3S/c1-3-11-4-6(2)12-8(10)7(9)5-13/h6-7,13H,3-5,9H2,1-2H3/t6?,7-/m0/s1. The monoisotopic (exact) mass is 207 g/mol. The lowest BCUT2D eigenvalue weighted by Gasteiger charge is -2.15. The van der Waals surface area contributed by atoms with Gasteiger partial charge in [-0.15, -0.1) is 0 Å². The largest absolute Gasteiger partial charge is 0.459 e. The topological polar surface area (TPSA) is 61.5 Å². The summed E-state index contributed by atoms with van der Waals surface area (Å²) in [6.45, 7) is 4.66. The van der Waals surface area contributed by atoms with Gasteiger partial charge in [-0.3, -0.25) is 4.79 Å². The van der Waals surface area contributed by atoms with Gasteiger partial charge in [0.25, 0.3) is 0 Å². The van der Waals surface area contributed by atoms with Crippen molar-refractivity contribution in [3.63, 3.8) is 0 Å². The predicted molar refractivity (Wildman–Crippen MR) is 53.9 cm³/mol. The maximum Gasteiger partial charge on any atom is 0.324 e. The normalized spacial score (nSPS) is 15.1. The molecule has 0 aromatic heterocycles. The average molecular weight is 207 g/mol. The van der Waals surface area contributed by atoms with Crippen LogP contribution in [0.2, 0.25) is 0 Å². The van der Waals surface area contributed by atoms with Gasteiger partial charge in [0.2, 0.25) is 0 Å². The molecule has 0 aromatic rings. The Bertz CT molecular complexity index is 154. The molecule has 13 heavy (non-hydrogen) atoms. The third kappa shape index (κ3) is 5.90. The summed E-state index contributed by atoms with van der Waals surface area (Å²) in [6.07, 6.45) is -0.251. The number of nitrogens with two attached hydrogens (primary N) is 1. The molecule has 0 spiro atoms. The van der Waals surface area contributed by atoms with Crippen LogP contribution in [-0.2, 0) is 14.3 Å². The van der Waals surface area contributed by atoms with Crippen LogP contribution in [0.4, 0.5) is 0 Å². The summed E-state index contributed by atoms with van der Waals surface area (Å²) >= 11 is 3.89. The third-order valence-corrected chi connectivity index (χ3v) is 1.77. The first-order chi connectivity index (χ1) is 6.11. The van der Waals surface area contributed by atoms with E-state index in [1.807, 2.05) is 6.92 Å². The van der Waals surface area contributed by atoms with E-state index in [0.717, 1.165) is 0 Å². The van der Waals surface area contributed by atoms with Crippen molar-refractivity contribution in [3.05, 3.63) is 0 Å². The minimum absolute atomic E-state index is 0.251. The maximum atomic E-state index is 11.1. The number of esters is 1. The Hall–Kier alpha value is -0.260. The highest BCUT2D eigenvalue weighted by atomic mass is 32.1. The van der Waals surface area contributed by atoms with Gasteiger partial charge in [0.05, 0.1) is 6.61 Å². The third-order valence-electron chi connectivity index (χ3n) is 1.37. The summed E-state index contributed by atoms with van der Waals surface area (Å²) in [5.41, 5.74) is 5.40. The second-order valence-corrected chi connectivity index (χ2v) is 3.06. The molecule has 2 atom stereocenters. The van der Waals surface area contributed by atoms with Crippen molar-refractivity contribution in [3.8, 4) is 0 Å². The fourth-order valence-corrected chi connectivity index (χ4v) is 0.827. The zero-order chi connectivity index (χ0) is 10.3. The van der Waals surface area contributed by atoms with Crippen LogP contribution in [0.1, 0.15) is 13.8 Å². The van der Waals surface area contributed by atoms with Gasteiger partial charge in [-0.25, -0.2) is 0 Å². The molecule has 4 nitrogen and oxygen atoms in total. The lowest BCUT2D eigenvalue weighted by molar-refractivity contribution is -0.151. The molecule has 0 saturated heterocycles. The van der Waals surface area contributed by atoms with E-state index in [1.54, 1.807) is 6.92 Å². The highest BCUT2D eigenvalue weighted by Gasteiger charge is 2.15. The SMILES string of the molecule is CCOCC(C)OC(=O)[C@@H](N)CS. The molecule has 2 N–H and O–H groups in total. The van der Waals surface area contributed by atoms with E-state index in [-0.39, 0.29) is 6.10 Å². The number of carbonyl (C=O) groups excluding carboxylic acids is 1. The van der Waals surface area contributed by atoms with Gasteiger partial charge < -0.3 is 15.2 Å². The van der Waals surface area contributed by atoms with Crippen molar-refractivity contribution >= 4 is 18.6 Å². The van der Waals surface area contributed by atoms with Gasteiger partial charge >= 0.3 is 5.97 Å². The molecule has 0 saturated carbocycles. The van der Waals surface area contributed by atoms with Crippen molar-refractivity contribution in [1.29, 1.82) is 0 Å². The Morgan fingerprint density at radius 2 is 2.23 bits per heavy atom. The average Bonchev–Trinajstić information content (AvgIpc) is 2.13. The number of rotatable bonds is 6. The predicted octanol–water partition coefficient (Wildman–Crippen LogP) is 0.212. The van der Waals surface area contributed by atoms with Crippen molar-refractivity contribution in [2.75, 3.05) is 19.0 Å². The van der Waals surface area contributed by atoms with E-state index in [1.165, 1.54) is 0 Å². The summed E-state index contributed by atoms with van der Waals surface area (Å²) in [5, 5.41) is 0. The van der Waals surface area contributed by atoms with Gasteiger partial charge in [0, 0.05) is 12.4 Å². The van der Waals surface area contributed by atoms with Crippen LogP contribution in [0.15, 0.2) is 0 Å². The summed E-state index contributed by atoms with van der Waals surface area (Å²) in [7, 11) is 0. The van der Waals surface area contributed by atoms with E-state index in [4.69, 9.17) is 15.2 Å². The molecule has 0 heterocycles. The molecule has 0 aliphatic carbocycles. The van der Waals surface area contributed by atoms with E-state index < -0.39 is 12.0 Å². The first kappa shape index (κ1) is 12.7. The van der Waals surface area contributed by atoms with E-state index in [2.05, 4.69) is 12.6 Å². The molecule has 0 radical (unpaired) electrons. The molecule has 0 amide bonds. The van der Waals surface area contributed by atoms with E-state index in [9.17, 15) is 4.79 Å². The minimum Gasteiger partial charge on any atom is -0.459 e. The molecule has 0 aromatic carbocycles. The zero-order valence-corrected chi connectivity index (χ0v) is 8.92. The Morgan fingerprint density at radius 3 is 2.69 bits per heavy atom. The van der Waals surface area contributed by atoms with Crippen LogP contribution in [0.5, 0.6) is 0 Å². The molecule has 1 unspecified atom stereocenters. The second-order valence-electron chi connectivity index (χ2n) is 2.70. The molecule has 0 aliphatic rings. The van der Waals surface area contributed by atoms with Gasteiger partial charge in [0.1, 0.15) is 12.1 Å². The Labute approximate surface area is 84.2 Å². The van der Waals surface area contributed by atoms with Crippen molar-refractivity contribution in [1.82, 2.24) is 0 Å². The lowest BCUT2D eigenvalue weighted by atomic mass is 10.3. The minimum atomic E-state index is -0.646. The molecular weight excluding hydrogens is 190 g/mol. The summed E-state index contributed by atoms with van der Waals surface area (Å²) in [6, 6.07) is -0.646. The molecule has 5 heteroatoms. The van der Waals surface area contributed by atoms with Crippen molar-refractivity contribution in [2.45, 2.75) is 26.0 Å². The fourth-order valence-electron chi connectivity index (χ4n) is 0.678. The van der Waals surface area contributed by atoms with E-state index >= 15 is 0 Å². The van der Waals surface area contributed by atoms with Crippen molar-refractivity contribution < 1.29 is 14.3 Å². The van der Waals surface area contributed by atoms with Gasteiger partial charge in [-0.05, 0) is 13.8 Å². The first-order valence-electron chi connectivity index (χ1n) is 4.26. The van der Waals surface area contributed by atoms with Crippen LogP contribution in [0.3, 0.4) is 0 Å². The molecule has 0 rings (SSSR count). The quantitative estimate of drug-likeness (QED) is 0.483. The van der Waals surface area contributed by atoms with Gasteiger partial charge in [-0.1, -0.05) is 0 Å². The van der Waals surface area contributed by atoms with Crippen LogP contribution in [-0.4, -0.2) is 37.1 Å². The summed E-state index contributed by atoms with van der Waals surface area (Å²) < 4.78 is 10.0. The maximum absolute atomic E-state index is 11.1. The highest BCUT2D eigenvalue weighted by Crippen LogP contribution is 1.96. The second kappa shape index (κ2) is 7.17. The first-order valence-corrected chi connectivity index (χ1v) is 4.89. The Balaban J connectivity index is 3.64. The fraction of sp³-hybridized carbons (Fsp3) is 0.875. The molecule has 0 fully saturated rings. The number of ether oxygens (including phenoxy) is 2. The number of carbonyl (C=O) groups is 1. The molecule has 0 bridgehead atoms. The smallest absolute Gasteiger partial charge is 0.324 e. The lowest BCUT2D eigenvalue weighted by Crippen LogP contribution is -2.36. The van der Waals surface area contributed by atoms with Crippen LogP contribution < -0.4 is 5.73 Å². The Kier molecular flexibility index (Phi) is 7.03. The molecule has 78 valence electrons. The van der Waals surface area contributed by atoms with E-state index in [0.29, 0.717) is 19.0 Å². The summed E-state index contributed by atoms with van der Waals surface area (Å²) in [4.78, 5) is 11.1. The van der Waals surface area contributed by atoms with Crippen molar-refractivity contribution in [2.24, 2.45) is 5.73 Å². The van der Waals surface area contributed by atoms with Crippen LogP contribution in [0.25, 0.3) is 0 Å². The van der Waals surface area contributed by atoms with Crippen LogP contribution in [0, 0.1) is 0 Å². The van der Waals surface area contributed by atoms with Crippen LogP contribution >= 0.6 is 12.6 Å². The number of thiol groups is 1. The number of hydrogen-bond acceptors (Lipinski definition) is 5. The highest BCUT2D eigenvalue weighted by molar-refractivity contribution is 7.80. The van der Waals surface area contributed by atoms with Gasteiger partial charge in [-0.2, -0.15) is 12.6 Å². The Morgan fingerprint density at radius 1 is 1.62 bits per heavy atom. The zero-order valence-electron chi connectivity index (χ0n) is 8.03. The van der Waals surface area contributed by atoms with Gasteiger partial charge in [0.15, 0.2) is 0 Å². The number of hydrogen-bond donors (Lipinski definition) is 2. The summed E-state index contributed by atoms with van der Waals surface area (Å²) in [5.74, 6) is -0.137. The molecule has 0 aliphatic heterocycles. The molecular formula is C8H17NO3S.